The van der Waals surface area contributed by atoms with Crippen LogP contribution in [0.2, 0.25) is 0 Å². The molecule has 3 aromatic rings. The van der Waals surface area contributed by atoms with Gasteiger partial charge < -0.3 is 0 Å². The Morgan fingerprint density at radius 2 is 2.12 bits per heavy atom. The van der Waals surface area contributed by atoms with Crippen LogP contribution in [0.4, 0.5) is 0 Å². The van der Waals surface area contributed by atoms with E-state index in [2.05, 4.69) is 45.0 Å². The van der Waals surface area contributed by atoms with Crippen molar-refractivity contribution in [2.24, 2.45) is 0 Å². The van der Waals surface area contributed by atoms with Crippen LogP contribution in [0.5, 0.6) is 0 Å². The van der Waals surface area contributed by atoms with Crippen molar-refractivity contribution in [3.05, 3.63) is 52.9 Å². The van der Waals surface area contributed by atoms with Crippen molar-refractivity contribution in [3.63, 3.8) is 0 Å². The fourth-order valence-corrected chi connectivity index (χ4v) is 2.17. The number of hydrogen-bond acceptors (Lipinski definition) is 2. The molecule has 0 aliphatic heterocycles. The van der Waals surface area contributed by atoms with Gasteiger partial charge in [0.25, 0.3) is 0 Å². The molecular formula is C13H10BrN3. The van der Waals surface area contributed by atoms with Gasteiger partial charge in [-0.2, -0.15) is 0 Å². The van der Waals surface area contributed by atoms with E-state index in [0.29, 0.717) is 0 Å². The van der Waals surface area contributed by atoms with Gasteiger partial charge in [-0.3, -0.25) is 4.40 Å². The molecule has 17 heavy (non-hydrogen) atoms. The van der Waals surface area contributed by atoms with Crippen molar-refractivity contribution in [1.29, 1.82) is 0 Å². The summed E-state index contributed by atoms with van der Waals surface area (Å²) in [7, 11) is 0. The van der Waals surface area contributed by atoms with Crippen LogP contribution in [0.1, 0.15) is 5.56 Å². The molecule has 0 aliphatic carbocycles. The van der Waals surface area contributed by atoms with Crippen molar-refractivity contribution < 1.29 is 0 Å². The summed E-state index contributed by atoms with van der Waals surface area (Å²) in [6.07, 6.45) is 3.87. The zero-order valence-corrected chi connectivity index (χ0v) is 10.8. The number of aryl methyl sites for hydroxylation is 1. The molecule has 0 fully saturated rings. The van der Waals surface area contributed by atoms with Gasteiger partial charge in [-0.25, -0.2) is 9.97 Å². The minimum Gasteiger partial charge on any atom is -0.298 e. The van der Waals surface area contributed by atoms with Crippen molar-refractivity contribution in [1.82, 2.24) is 14.4 Å². The first-order valence-corrected chi connectivity index (χ1v) is 6.10. The molecule has 0 aliphatic rings. The third-order valence-electron chi connectivity index (χ3n) is 2.65. The summed E-state index contributed by atoms with van der Waals surface area (Å²) >= 11 is 3.38. The van der Waals surface area contributed by atoms with E-state index in [1.54, 1.807) is 0 Å². The molecule has 0 saturated carbocycles. The second-order valence-corrected chi connectivity index (χ2v) is 4.73. The van der Waals surface area contributed by atoms with E-state index in [1.165, 1.54) is 5.56 Å². The highest BCUT2D eigenvalue weighted by molar-refractivity contribution is 9.10. The van der Waals surface area contributed by atoms with Gasteiger partial charge >= 0.3 is 0 Å². The Kier molecular flexibility index (Phi) is 2.44. The molecule has 3 nitrogen and oxygen atoms in total. The zero-order chi connectivity index (χ0) is 11.8. The van der Waals surface area contributed by atoms with Gasteiger partial charge in [0.05, 0.1) is 17.6 Å². The summed E-state index contributed by atoms with van der Waals surface area (Å²) in [4.78, 5) is 8.84. The first-order chi connectivity index (χ1) is 8.24. The minimum absolute atomic E-state index is 0.831. The van der Waals surface area contributed by atoms with Crippen LogP contribution in [0, 0.1) is 6.92 Å². The highest BCUT2D eigenvalue weighted by Crippen LogP contribution is 2.20. The summed E-state index contributed by atoms with van der Waals surface area (Å²) in [6.45, 7) is 2.06. The molecule has 0 atom stereocenters. The number of pyridine rings is 2. The first-order valence-electron chi connectivity index (χ1n) is 5.31. The number of imidazole rings is 1. The molecule has 3 rings (SSSR count). The van der Waals surface area contributed by atoms with Crippen LogP contribution in [-0.2, 0) is 0 Å². The molecule has 0 aromatic carbocycles. The van der Waals surface area contributed by atoms with Crippen LogP contribution in [-0.4, -0.2) is 14.4 Å². The van der Waals surface area contributed by atoms with Gasteiger partial charge in [-0.05, 0) is 52.7 Å². The molecule has 0 bridgehead atoms. The largest absolute Gasteiger partial charge is 0.298 e. The predicted molar refractivity (Wildman–Crippen MR) is 70.9 cm³/mol. The lowest BCUT2D eigenvalue weighted by atomic mass is 10.3. The highest BCUT2D eigenvalue weighted by Gasteiger charge is 2.06. The molecule has 0 amide bonds. The maximum Gasteiger partial charge on any atom is 0.137 e. The van der Waals surface area contributed by atoms with E-state index in [-0.39, 0.29) is 0 Å². The van der Waals surface area contributed by atoms with Gasteiger partial charge in [-0.1, -0.05) is 6.07 Å². The topological polar surface area (TPSA) is 30.2 Å². The van der Waals surface area contributed by atoms with Crippen molar-refractivity contribution >= 4 is 21.6 Å². The Morgan fingerprint density at radius 1 is 1.24 bits per heavy atom. The second-order valence-electron chi connectivity index (χ2n) is 3.92. The normalized spacial score (nSPS) is 10.9. The Labute approximate surface area is 107 Å². The quantitative estimate of drug-likeness (QED) is 0.642. The summed E-state index contributed by atoms with van der Waals surface area (Å²) in [5.74, 6) is 0. The maximum absolute atomic E-state index is 4.44. The third-order valence-corrected chi connectivity index (χ3v) is 3.09. The van der Waals surface area contributed by atoms with Gasteiger partial charge in [0, 0.05) is 6.20 Å². The Bertz CT molecular complexity index is 688. The molecule has 0 unspecified atom stereocenters. The van der Waals surface area contributed by atoms with Crippen molar-refractivity contribution in [3.8, 4) is 11.4 Å². The Hall–Kier alpha value is -1.68. The molecule has 3 aromatic heterocycles. The number of nitrogens with zero attached hydrogens (tertiary/aromatic N) is 3. The number of rotatable bonds is 1. The Balaban J connectivity index is 2.24. The van der Waals surface area contributed by atoms with Crippen LogP contribution in [0.3, 0.4) is 0 Å². The molecule has 0 radical (unpaired) electrons. The van der Waals surface area contributed by atoms with Gasteiger partial charge in [0.15, 0.2) is 0 Å². The van der Waals surface area contributed by atoms with Crippen molar-refractivity contribution in [2.75, 3.05) is 0 Å². The lowest BCUT2D eigenvalue weighted by molar-refractivity contribution is 1.15. The zero-order valence-electron chi connectivity index (χ0n) is 9.26. The molecule has 4 heteroatoms. The summed E-state index contributed by atoms with van der Waals surface area (Å²) in [5, 5.41) is 0. The van der Waals surface area contributed by atoms with Crippen LogP contribution in [0.15, 0.2) is 47.3 Å². The van der Waals surface area contributed by atoms with E-state index < -0.39 is 0 Å². The average Bonchev–Trinajstić information content (AvgIpc) is 2.71. The molecule has 3 heterocycles. The van der Waals surface area contributed by atoms with Crippen LogP contribution in [0.25, 0.3) is 17.0 Å². The fraction of sp³-hybridized carbons (Fsp3) is 0.0769. The summed E-state index contributed by atoms with van der Waals surface area (Å²) < 4.78 is 2.87. The van der Waals surface area contributed by atoms with E-state index in [0.717, 1.165) is 21.6 Å². The smallest absolute Gasteiger partial charge is 0.137 e. The van der Waals surface area contributed by atoms with Gasteiger partial charge in [-0.15, -0.1) is 0 Å². The third kappa shape index (κ3) is 1.85. The molecule has 0 spiro atoms. The molecule has 0 saturated heterocycles. The highest BCUT2D eigenvalue weighted by atomic mass is 79.9. The van der Waals surface area contributed by atoms with Gasteiger partial charge in [0.1, 0.15) is 10.3 Å². The van der Waals surface area contributed by atoms with E-state index >= 15 is 0 Å². The lowest BCUT2D eigenvalue weighted by Gasteiger charge is -2.02. The van der Waals surface area contributed by atoms with E-state index in [1.807, 2.05) is 35.0 Å². The number of hydrogen-bond donors (Lipinski definition) is 0. The van der Waals surface area contributed by atoms with E-state index in [4.69, 9.17) is 0 Å². The number of fused-ring (bicyclic) bond motifs is 1. The first kappa shape index (κ1) is 10.5. The standard InChI is InChI=1S/C13H10BrN3/c1-9-5-6-17-11(8-15-13(17)7-9)10-3-2-4-12(14)16-10/h2-8H,1H3. The van der Waals surface area contributed by atoms with Crippen LogP contribution >= 0.6 is 15.9 Å². The maximum atomic E-state index is 4.44. The number of halogens is 1. The van der Waals surface area contributed by atoms with Gasteiger partial charge in [0.2, 0.25) is 0 Å². The van der Waals surface area contributed by atoms with Crippen molar-refractivity contribution in [2.45, 2.75) is 6.92 Å². The second kappa shape index (κ2) is 3.96. The lowest BCUT2D eigenvalue weighted by Crippen LogP contribution is -1.90. The summed E-state index contributed by atoms with van der Waals surface area (Å²) in [5.41, 5.74) is 4.07. The number of aromatic nitrogens is 3. The molecule has 84 valence electrons. The minimum atomic E-state index is 0.831. The summed E-state index contributed by atoms with van der Waals surface area (Å²) in [6, 6.07) is 9.99. The van der Waals surface area contributed by atoms with Crippen LogP contribution < -0.4 is 0 Å². The molecular weight excluding hydrogens is 278 g/mol. The predicted octanol–water partition coefficient (Wildman–Crippen LogP) is 3.47. The SMILES string of the molecule is Cc1ccn2c(-c3cccc(Br)n3)cnc2c1. The monoisotopic (exact) mass is 287 g/mol. The fourth-order valence-electron chi connectivity index (χ4n) is 1.82. The Morgan fingerprint density at radius 3 is 2.94 bits per heavy atom. The molecule has 0 N–H and O–H groups in total. The average molecular weight is 288 g/mol. The van der Waals surface area contributed by atoms with E-state index in [9.17, 15) is 0 Å².